The van der Waals surface area contributed by atoms with E-state index in [0.717, 1.165) is 52.9 Å². The first-order valence-electron chi connectivity index (χ1n) is 14.1. The van der Waals surface area contributed by atoms with Gasteiger partial charge in [0.25, 0.3) is 0 Å². The molecule has 0 spiro atoms. The number of amides is 2. The van der Waals surface area contributed by atoms with Gasteiger partial charge in [-0.2, -0.15) is 0 Å². The number of nitrogens with one attached hydrogen (secondary N) is 1. The van der Waals surface area contributed by atoms with E-state index in [-0.39, 0.29) is 24.9 Å². The van der Waals surface area contributed by atoms with Crippen molar-refractivity contribution < 1.29 is 18.0 Å². The van der Waals surface area contributed by atoms with Gasteiger partial charge >= 0.3 is 0 Å². The van der Waals surface area contributed by atoms with E-state index in [2.05, 4.69) is 5.32 Å². The highest BCUT2D eigenvalue weighted by atomic mass is 35.5. The molecule has 1 aliphatic carbocycles. The van der Waals surface area contributed by atoms with Crippen LogP contribution in [0.5, 0.6) is 0 Å². The standard InChI is InChI=1S/C32H38ClN3O4S/c1-3-26-15-7-10-19-29(26)36(41(2,39)40)23-31(37)35(22-25-14-11-16-27(33)20-25)30(21-24-12-5-4-6-13-24)32(38)34-28-17-8-9-18-28/h4-7,10-16,19-20,28,30H,3,8-9,17-18,21-23H2,1-2H3,(H,34,38). The molecule has 1 unspecified atom stereocenters. The van der Waals surface area contributed by atoms with Gasteiger partial charge in [0.2, 0.25) is 21.8 Å². The summed E-state index contributed by atoms with van der Waals surface area (Å²) >= 11 is 6.28. The SMILES string of the molecule is CCc1ccccc1N(CC(=O)N(Cc1cccc(Cl)c1)C(Cc1ccccc1)C(=O)NC1CCCC1)S(C)(=O)=O. The van der Waals surface area contributed by atoms with Crippen LogP contribution >= 0.6 is 11.6 Å². The Morgan fingerprint density at radius 2 is 1.61 bits per heavy atom. The minimum Gasteiger partial charge on any atom is -0.352 e. The second-order valence-corrected chi connectivity index (χ2v) is 12.9. The zero-order valence-electron chi connectivity index (χ0n) is 23.6. The molecule has 0 heterocycles. The van der Waals surface area contributed by atoms with Gasteiger partial charge < -0.3 is 10.2 Å². The van der Waals surface area contributed by atoms with Crippen LogP contribution in [0.25, 0.3) is 0 Å². The number of rotatable bonds is 12. The number of halogens is 1. The number of sulfonamides is 1. The lowest BCUT2D eigenvalue weighted by atomic mass is 10.0. The molecule has 41 heavy (non-hydrogen) atoms. The largest absolute Gasteiger partial charge is 0.352 e. The summed E-state index contributed by atoms with van der Waals surface area (Å²) in [6.07, 6.45) is 5.91. The fourth-order valence-corrected chi connectivity index (χ4v) is 6.49. The summed E-state index contributed by atoms with van der Waals surface area (Å²) in [6.45, 7) is 1.61. The molecule has 1 saturated carbocycles. The number of hydrogen-bond donors (Lipinski definition) is 1. The normalized spacial score (nSPS) is 14.4. The average molecular weight is 596 g/mol. The molecule has 0 radical (unpaired) electrons. The van der Waals surface area contributed by atoms with Crippen LogP contribution in [-0.2, 0) is 39.0 Å². The van der Waals surface area contributed by atoms with Crippen molar-refractivity contribution in [3.05, 3.63) is 101 Å². The van der Waals surface area contributed by atoms with E-state index in [1.54, 1.807) is 30.3 Å². The molecule has 3 aromatic rings. The lowest BCUT2D eigenvalue weighted by Gasteiger charge is -2.34. The molecular formula is C32H38ClN3O4S. The molecule has 0 aliphatic heterocycles. The predicted octanol–water partition coefficient (Wildman–Crippen LogP) is 5.37. The van der Waals surface area contributed by atoms with Crippen LogP contribution in [0.3, 0.4) is 0 Å². The van der Waals surface area contributed by atoms with E-state index in [1.807, 2.05) is 55.5 Å². The van der Waals surface area contributed by atoms with Crippen molar-refractivity contribution in [3.8, 4) is 0 Å². The van der Waals surface area contributed by atoms with Crippen LogP contribution in [0.1, 0.15) is 49.3 Å². The third-order valence-corrected chi connectivity index (χ3v) is 8.90. The minimum absolute atomic E-state index is 0.0628. The molecule has 7 nitrogen and oxygen atoms in total. The molecule has 2 amide bonds. The molecular weight excluding hydrogens is 558 g/mol. The second kappa shape index (κ2) is 14.0. The Labute approximate surface area is 248 Å². The molecule has 1 fully saturated rings. The van der Waals surface area contributed by atoms with Crippen molar-refractivity contribution >= 4 is 39.1 Å². The van der Waals surface area contributed by atoms with Gasteiger partial charge in [-0.25, -0.2) is 8.42 Å². The summed E-state index contributed by atoms with van der Waals surface area (Å²) in [6, 6.07) is 23.1. The van der Waals surface area contributed by atoms with E-state index >= 15 is 0 Å². The van der Waals surface area contributed by atoms with E-state index in [9.17, 15) is 18.0 Å². The van der Waals surface area contributed by atoms with Crippen LogP contribution in [0.2, 0.25) is 5.02 Å². The summed E-state index contributed by atoms with van der Waals surface area (Å²) in [4.78, 5) is 29.6. The first-order chi connectivity index (χ1) is 19.7. The summed E-state index contributed by atoms with van der Waals surface area (Å²) in [5.41, 5.74) is 2.92. The highest BCUT2D eigenvalue weighted by Gasteiger charge is 2.34. The van der Waals surface area contributed by atoms with E-state index in [4.69, 9.17) is 11.6 Å². The Morgan fingerprint density at radius 1 is 0.951 bits per heavy atom. The van der Waals surface area contributed by atoms with Crippen LogP contribution in [0.15, 0.2) is 78.9 Å². The fourth-order valence-electron chi connectivity index (χ4n) is 5.40. The van der Waals surface area contributed by atoms with E-state index < -0.39 is 28.5 Å². The third kappa shape index (κ3) is 8.33. The Bertz CT molecular complexity index is 1440. The van der Waals surface area contributed by atoms with Crippen LogP contribution in [0.4, 0.5) is 5.69 Å². The van der Waals surface area contributed by atoms with Gasteiger partial charge in [0.1, 0.15) is 12.6 Å². The van der Waals surface area contributed by atoms with Crippen molar-refractivity contribution in [2.45, 2.75) is 64.1 Å². The first-order valence-corrected chi connectivity index (χ1v) is 16.3. The maximum absolute atomic E-state index is 14.2. The van der Waals surface area contributed by atoms with Crippen molar-refractivity contribution in [1.29, 1.82) is 0 Å². The number of carbonyl (C=O) groups is 2. The van der Waals surface area contributed by atoms with Gasteiger partial charge in [-0.1, -0.05) is 92.0 Å². The van der Waals surface area contributed by atoms with Gasteiger partial charge in [-0.3, -0.25) is 13.9 Å². The van der Waals surface area contributed by atoms with Crippen LogP contribution in [-0.4, -0.2) is 50.0 Å². The molecule has 1 atom stereocenters. The van der Waals surface area contributed by atoms with E-state index in [0.29, 0.717) is 17.1 Å². The lowest BCUT2D eigenvalue weighted by Crippen LogP contribution is -2.54. The minimum atomic E-state index is -3.82. The van der Waals surface area contributed by atoms with Gasteiger partial charge in [-0.05, 0) is 54.2 Å². The number of nitrogens with zero attached hydrogens (tertiary/aromatic N) is 2. The number of aryl methyl sites for hydroxylation is 1. The lowest BCUT2D eigenvalue weighted by molar-refractivity contribution is -0.140. The van der Waals surface area contributed by atoms with Crippen molar-refractivity contribution in [2.24, 2.45) is 0 Å². The van der Waals surface area contributed by atoms with Gasteiger partial charge in [-0.15, -0.1) is 0 Å². The quantitative estimate of drug-likeness (QED) is 0.305. The maximum atomic E-state index is 14.2. The number of anilines is 1. The smallest absolute Gasteiger partial charge is 0.244 e. The molecule has 218 valence electrons. The number of hydrogen-bond acceptors (Lipinski definition) is 4. The van der Waals surface area contributed by atoms with Crippen LogP contribution in [0, 0.1) is 0 Å². The summed E-state index contributed by atoms with van der Waals surface area (Å²) in [5.74, 6) is -0.709. The summed E-state index contributed by atoms with van der Waals surface area (Å²) in [5, 5.41) is 3.69. The van der Waals surface area contributed by atoms with Crippen LogP contribution < -0.4 is 9.62 Å². The zero-order valence-corrected chi connectivity index (χ0v) is 25.2. The van der Waals surface area contributed by atoms with Gasteiger partial charge in [0.15, 0.2) is 0 Å². The molecule has 0 bridgehead atoms. The molecule has 0 aromatic heterocycles. The van der Waals surface area contributed by atoms with Crippen molar-refractivity contribution in [1.82, 2.24) is 10.2 Å². The zero-order chi connectivity index (χ0) is 29.4. The molecule has 0 saturated heterocycles. The number of benzene rings is 3. The summed E-state index contributed by atoms with van der Waals surface area (Å²) < 4.78 is 27.2. The Hall–Kier alpha value is -3.36. The molecule has 9 heteroatoms. The first kappa shape index (κ1) is 30.6. The summed E-state index contributed by atoms with van der Waals surface area (Å²) in [7, 11) is -3.82. The van der Waals surface area contributed by atoms with Crippen molar-refractivity contribution in [2.75, 3.05) is 17.1 Å². The maximum Gasteiger partial charge on any atom is 0.244 e. The Morgan fingerprint density at radius 3 is 2.27 bits per heavy atom. The fraction of sp³-hybridized carbons (Fsp3) is 0.375. The molecule has 1 aliphatic rings. The Kier molecular flexibility index (Phi) is 10.5. The number of carbonyl (C=O) groups excluding carboxylic acids is 2. The molecule has 1 N–H and O–H groups in total. The monoisotopic (exact) mass is 595 g/mol. The topological polar surface area (TPSA) is 86.8 Å². The van der Waals surface area contributed by atoms with Gasteiger partial charge in [0.05, 0.1) is 11.9 Å². The highest BCUT2D eigenvalue weighted by molar-refractivity contribution is 7.92. The molecule has 4 rings (SSSR count). The predicted molar refractivity (Wildman–Crippen MR) is 164 cm³/mol. The Balaban J connectivity index is 1.74. The molecule has 3 aromatic carbocycles. The number of para-hydroxylation sites is 1. The van der Waals surface area contributed by atoms with E-state index in [1.165, 1.54) is 4.90 Å². The van der Waals surface area contributed by atoms with Crippen molar-refractivity contribution in [3.63, 3.8) is 0 Å². The third-order valence-electron chi connectivity index (χ3n) is 7.54. The average Bonchev–Trinajstić information content (AvgIpc) is 3.46. The second-order valence-electron chi connectivity index (χ2n) is 10.6. The van der Waals surface area contributed by atoms with Gasteiger partial charge in [0, 0.05) is 24.0 Å². The highest BCUT2D eigenvalue weighted by Crippen LogP contribution is 2.25.